The molecule has 0 aromatic heterocycles. The number of ether oxygens (including phenoxy) is 2. The molecule has 0 saturated carbocycles. The summed E-state index contributed by atoms with van der Waals surface area (Å²) in [6.45, 7) is 32.5. The molecule has 5 nitrogen and oxygen atoms in total. The van der Waals surface area contributed by atoms with E-state index in [-0.39, 0.29) is 0 Å². The number of nitrogens with zero attached hydrogens (tertiary/aromatic N) is 3. The standard InChI is InChI=1S/C22H47N.C14H30N2O2/c1-6-7-8-9-10-11-12-13-14-15-18-23(19-16-21(2)3)20-17-22(4)5;1-13(2)17-11-9-15-5-7-16(8-6-15)10-12-18-14(3)4/h21-22H,6-20H2,1-5H3;13-14H,5-12H2,1-4H3. The maximum atomic E-state index is 5.59. The van der Waals surface area contributed by atoms with Crippen molar-refractivity contribution < 1.29 is 9.47 Å². The fourth-order valence-electron chi connectivity index (χ4n) is 5.11. The normalized spacial score (nSPS) is 15.1. The summed E-state index contributed by atoms with van der Waals surface area (Å²) in [5.41, 5.74) is 0. The quantitative estimate of drug-likeness (QED) is 0.100. The van der Waals surface area contributed by atoms with Crippen molar-refractivity contribution in [3.63, 3.8) is 0 Å². The van der Waals surface area contributed by atoms with Crippen molar-refractivity contribution in [1.82, 2.24) is 14.7 Å². The second-order valence-corrected chi connectivity index (χ2v) is 13.9. The molecule has 0 bridgehead atoms. The van der Waals surface area contributed by atoms with Gasteiger partial charge in [-0.3, -0.25) is 9.80 Å². The van der Waals surface area contributed by atoms with E-state index in [1.807, 2.05) is 0 Å². The highest BCUT2D eigenvalue weighted by Gasteiger charge is 2.16. The molecule has 1 aliphatic heterocycles. The predicted octanol–water partition coefficient (Wildman–Crippen LogP) is 8.76. The zero-order chi connectivity index (χ0) is 30.7. The molecule has 5 heteroatoms. The predicted molar refractivity (Wildman–Crippen MR) is 182 cm³/mol. The molecular weight excluding hydrogens is 506 g/mol. The van der Waals surface area contributed by atoms with Gasteiger partial charge < -0.3 is 14.4 Å². The molecule has 0 aliphatic carbocycles. The molecule has 0 unspecified atom stereocenters. The summed E-state index contributed by atoms with van der Waals surface area (Å²) in [4.78, 5) is 7.70. The zero-order valence-electron chi connectivity index (χ0n) is 29.7. The van der Waals surface area contributed by atoms with Crippen molar-refractivity contribution in [2.45, 2.75) is 152 Å². The summed E-state index contributed by atoms with van der Waals surface area (Å²) in [5.74, 6) is 1.67. The van der Waals surface area contributed by atoms with E-state index in [0.29, 0.717) is 12.2 Å². The zero-order valence-corrected chi connectivity index (χ0v) is 29.7. The molecule has 1 heterocycles. The van der Waals surface area contributed by atoms with Crippen LogP contribution in [-0.2, 0) is 9.47 Å². The van der Waals surface area contributed by atoms with Gasteiger partial charge >= 0.3 is 0 Å². The summed E-state index contributed by atoms with van der Waals surface area (Å²) in [6.07, 6.45) is 17.8. The smallest absolute Gasteiger partial charge is 0.0596 e. The van der Waals surface area contributed by atoms with Crippen molar-refractivity contribution in [3.8, 4) is 0 Å². The highest BCUT2D eigenvalue weighted by atomic mass is 16.5. The highest BCUT2D eigenvalue weighted by molar-refractivity contribution is 4.71. The second-order valence-electron chi connectivity index (χ2n) is 13.9. The third-order valence-corrected chi connectivity index (χ3v) is 8.06. The second kappa shape index (κ2) is 28.6. The van der Waals surface area contributed by atoms with Gasteiger partial charge in [-0.2, -0.15) is 0 Å². The van der Waals surface area contributed by atoms with E-state index < -0.39 is 0 Å². The lowest BCUT2D eigenvalue weighted by molar-refractivity contribution is 0.0284. The van der Waals surface area contributed by atoms with Crippen molar-refractivity contribution >= 4 is 0 Å². The van der Waals surface area contributed by atoms with Crippen LogP contribution in [0.5, 0.6) is 0 Å². The maximum absolute atomic E-state index is 5.59. The molecule has 0 amide bonds. The lowest BCUT2D eigenvalue weighted by atomic mass is 10.1. The molecule has 1 aliphatic rings. The first kappa shape index (κ1) is 40.8. The van der Waals surface area contributed by atoms with Crippen LogP contribution in [0.15, 0.2) is 0 Å². The minimum absolute atomic E-state index is 0.347. The Morgan fingerprint density at radius 2 is 0.878 bits per heavy atom. The van der Waals surface area contributed by atoms with Crippen LogP contribution < -0.4 is 0 Å². The van der Waals surface area contributed by atoms with Crippen LogP contribution >= 0.6 is 0 Å². The number of unbranched alkanes of at least 4 members (excludes halogenated alkanes) is 9. The molecule has 1 fully saturated rings. The molecule has 0 N–H and O–H groups in total. The molecule has 248 valence electrons. The third-order valence-electron chi connectivity index (χ3n) is 8.06. The van der Waals surface area contributed by atoms with Gasteiger partial charge in [-0.1, -0.05) is 92.4 Å². The van der Waals surface area contributed by atoms with Gasteiger partial charge in [-0.15, -0.1) is 0 Å². The van der Waals surface area contributed by atoms with Crippen LogP contribution in [0.25, 0.3) is 0 Å². The largest absolute Gasteiger partial charge is 0.377 e. The number of rotatable bonds is 25. The topological polar surface area (TPSA) is 28.2 Å². The van der Waals surface area contributed by atoms with Gasteiger partial charge in [-0.05, 0) is 78.4 Å². The van der Waals surface area contributed by atoms with Crippen LogP contribution in [0.4, 0.5) is 0 Å². The maximum Gasteiger partial charge on any atom is 0.0596 e. The Kier molecular flexibility index (Phi) is 28.4. The SMILES string of the molecule is CC(C)OCCN1CCN(CCOC(C)C)CC1.CCCCCCCCCCCCN(CCC(C)C)CCC(C)C. The summed E-state index contributed by atoms with van der Waals surface area (Å²) in [5, 5.41) is 0. The minimum atomic E-state index is 0.347. The lowest BCUT2D eigenvalue weighted by Crippen LogP contribution is -2.48. The number of piperazine rings is 1. The first-order chi connectivity index (χ1) is 19.6. The van der Waals surface area contributed by atoms with E-state index in [9.17, 15) is 0 Å². The third kappa shape index (κ3) is 29.6. The van der Waals surface area contributed by atoms with Crippen LogP contribution in [0, 0.1) is 11.8 Å². The van der Waals surface area contributed by atoms with Gasteiger partial charge in [-0.25, -0.2) is 0 Å². The van der Waals surface area contributed by atoms with E-state index in [4.69, 9.17) is 9.47 Å². The molecule has 0 atom stereocenters. The van der Waals surface area contributed by atoms with Crippen LogP contribution in [0.1, 0.15) is 139 Å². The molecule has 41 heavy (non-hydrogen) atoms. The average molecular weight is 584 g/mol. The lowest BCUT2D eigenvalue weighted by Gasteiger charge is -2.34. The van der Waals surface area contributed by atoms with E-state index >= 15 is 0 Å². The van der Waals surface area contributed by atoms with E-state index in [1.165, 1.54) is 96.7 Å². The minimum Gasteiger partial charge on any atom is -0.377 e. The Morgan fingerprint density at radius 1 is 0.512 bits per heavy atom. The van der Waals surface area contributed by atoms with Gasteiger partial charge in [0.2, 0.25) is 0 Å². The molecule has 1 saturated heterocycles. The molecule has 1 rings (SSSR count). The summed E-state index contributed by atoms with van der Waals surface area (Å²) < 4.78 is 11.2. The number of hydrogen-bond acceptors (Lipinski definition) is 5. The van der Waals surface area contributed by atoms with E-state index in [0.717, 1.165) is 64.3 Å². The van der Waals surface area contributed by atoms with Crippen LogP contribution in [-0.4, -0.2) is 99.0 Å². The average Bonchev–Trinajstić information content (AvgIpc) is 2.91. The fourth-order valence-corrected chi connectivity index (χ4v) is 5.11. The Labute approximate surface area is 259 Å². The van der Waals surface area contributed by atoms with Gasteiger partial charge in [0.15, 0.2) is 0 Å². The van der Waals surface area contributed by atoms with E-state index in [2.05, 4.69) is 77.0 Å². The molecule has 0 spiro atoms. The van der Waals surface area contributed by atoms with Crippen molar-refractivity contribution in [1.29, 1.82) is 0 Å². The molecule has 0 aromatic rings. The molecule has 0 aromatic carbocycles. The monoisotopic (exact) mass is 584 g/mol. The van der Waals surface area contributed by atoms with Gasteiger partial charge in [0.1, 0.15) is 0 Å². The number of hydrogen-bond donors (Lipinski definition) is 0. The van der Waals surface area contributed by atoms with Crippen LogP contribution in [0.2, 0.25) is 0 Å². The summed E-state index contributed by atoms with van der Waals surface area (Å²) in [6, 6.07) is 0. The Balaban J connectivity index is 0.000000802. The van der Waals surface area contributed by atoms with Gasteiger partial charge in [0.05, 0.1) is 25.4 Å². The van der Waals surface area contributed by atoms with E-state index in [1.54, 1.807) is 0 Å². The molecule has 0 radical (unpaired) electrons. The Hall–Kier alpha value is -0.200. The van der Waals surface area contributed by atoms with Crippen molar-refractivity contribution in [2.75, 3.05) is 72.1 Å². The highest BCUT2D eigenvalue weighted by Crippen LogP contribution is 2.12. The Morgan fingerprint density at radius 3 is 1.22 bits per heavy atom. The van der Waals surface area contributed by atoms with Gasteiger partial charge in [0.25, 0.3) is 0 Å². The van der Waals surface area contributed by atoms with Crippen LogP contribution in [0.3, 0.4) is 0 Å². The molecular formula is C36H77N3O2. The van der Waals surface area contributed by atoms with Crippen molar-refractivity contribution in [3.05, 3.63) is 0 Å². The van der Waals surface area contributed by atoms with Gasteiger partial charge in [0, 0.05) is 39.3 Å². The first-order valence-corrected chi connectivity index (χ1v) is 18.0. The fraction of sp³-hybridized carbons (Fsp3) is 1.00. The Bertz CT molecular complexity index is 485. The summed E-state index contributed by atoms with van der Waals surface area (Å²) >= 11 is 0. The van der Waals surface area contributed by atoms with Crippen molar-refractivity contribution in [2.24, 2.45) is 11.8 Å². The summed E-state index contributed by atoms with van der Waals surface area (Å²) in [7, 11) is 0. The first-order valence-electron chi connectivity index (χ1n) is 18.0.